The van der Waals surface area contributed by atoms with E-state index in [2.05, 4.69) is 0 Å². The molecule has 4 nitrogen and oxygen atoms in total. The van der Waals surface area contributed by atoms with Crippen molar-refractivity contribution in [2.75, 3.05) is 18.1 Å². The Labute approximate surface area is 144 Å². The van der Waals surface area contributed by atoms with Crippen molar-refractivity contribution < 1.29 is 18.7 Å². The molecule has 0 aliphatic carbocycles. The van der Waals surface area contributed by atoms with Gasteiger partial charge in [0.15, 0.2) is 0 Å². The SMILES string of the molecule is CCOC(=O)CN(C(=O)Cc1ccc(F)cc1)c1cccc(Cl)c1. The Morgan fingerprint density at radius 1 is 1.17 bits per heavy atom. The summed E-state index contributed by atoms with van der Waals surface area (Å²) in [5.41, 5.74) is 1.15. The highest BCUT2D eigenvalue weighted by Crippen LogP contribution is 2.20. The number of carbonyl (C=O) groups excluding carboxylic acids is 2. The Morgan fingerprint density at radius 2 is 1.88 bits per heavy atom. The van der Waals surface area contributed by atoms with Crippen molar-refractivity contribution in [2.45, 2.75) is 13.3 Å². The number of amides is 1. The van der Waals surface area contributed by atoms with Crippen LogP contribution in [-0.2, 0) is 20.7 Å². The third kappa shape index (κ3) is 5.06. The van der Waals surface area contributed by atoms with E-state index < -0.39 is 5.97 Å². The monoisotopic (exact) mass is 349 g/mol. The first-order chi connectivity index (χ1) is 11.5. The van der Waals surface area contributed by atoms with Crippen molar-refractivity contribution in [3.8, 4) is 0 Å². The molecule has 0 saturated heterocycles. The van der Waals surface area contributed by atoms with E-state index in [1.54, 1.807) is 31.2 Å². The van der Waals surface area contributed by atoms with Crippen molar-refractivity contribution in [1.82, 2.24) is 0 Å². The molecule has 0 saturated carbocycles. The number of benzene rings is 2. The van der Waals surface area contributed by atoms with Crippen LogP contribution in [0.4, 0.5) is 10.1 Å². The van der Waals surface area contributed by atoms with Gasteiger partial charge < -0.3 is 9.64 Å². The van der Waals surface area contributed by atoms with Crippen molar-refractivity contribution in [2.24, 2.45) is 0 Å². The Kier molecular flexibility index (Phi) is 6.32. The first-order valence-electron chi connectivity index (χ1n) is 7.45. The number of halogens is 2. The van der Waals surface area contributed by atoms with Crippen LogP contribution in [0.5, 0.6) is 0 Å². The quantitative estimate of drug-likeness (QED) is 0.748. The molecular formula is C18H17ClFNO3. The number of rotatable bonds is 6. The zero-order valence-electron chi connectivity index (χ0n) is 13.2. The van der Waals surface area contributed by atoms with Crippen molar-refractivity contribution in [3.05, 3.63) is 64.9 Å². The van der Waals surface area contributed by atoms with E-state index in [0.717, 1.165) is 0 Å². The maximum absolute atomic E-state index is 13.0. The van der Waals surface area contributed by atoms with Gasteiger partial charge in [-0.1, -0.05) is 29.8 Å². The number of hydrogen-bond acceptors (Lipinski definition) is 3. The Bertz CT molecular complexity index is 718. The number of esters is 1. The maximum Gasteiger partial charge on any atom is 0.326 e. The topological polar surface area (TPSA) is 46.6 Å². The highest BCUT2D eigenvalue weighted by Gasteiger charge is 2.20. The lowest BCUT2D eigenvalue weighted by Crippen LogP contribution is -2.37. The molecule has 0 bridgehead atoms. The Hall–Kier alpha value is -2.40. The number of hydrogen-bond donors (Lipinski definition) is 0. The first kappa shape index (κ1) is 17.9. The van der Waals surface area contributed by atoms with E-state index in [4.69, 9.17) is 16.3 Å². The third-order valence-corrected chi connectivity index (χ3v) is 3.52. The fourth-order valence-electron chi connectivity index (χ4n) is 2.18. The number of ether oxygens (including phenoxy) is 1. The zero-order valence-corrected chi connectivity index (χ0v) is 13.9. The van der Waals surface area contributed by atoms with Crippen molar-refractivity contribution in [3.63, 3.8) is 0 Å². The van der Waals surface area contributed by atoms with Crippen LogP contribution in [0.3, 0.4) is 0 Å². The average molecular weight is 350 g/mol. The fourth-order valence-corrected chi connectivity index (χ4v) is 2.36. The molecule has 0 N–H and O–H groups in total. The third-order valence-electron chi connectivity index (χ3n) is 3.28. The summed E-state index contributed by atoms with van der Waals surface area (Å²) in [6, 6.07) is 12.3. The van der Waals surface area contributed by atoms with Gasteiger partial charge in [0.1, 0.15) is 12.4 Å². The summed E-state index contributed by atoms with van der Waals surface area (Å²) in [6.07, 6.45) is 0.0339. The van der Waals surface area contributed by atoms with Gasteiger partial charge in [-0.05, 0) is 42.8 Å². The maximum atomic E-state index is 13.0. The van der Waals surface area contributed by atoms with E-state index in [1.807, 2.05) is 0 Å². The summed E-state index contributed by atoms with van der Waals surface area (Å²) in [5, 5.41) is 0.455. The second kappa shape index (κ2) is 8.45. The van der Waals surface area contributed by atoms with Gasteiger partial charge in [0, 0.05) is 10.7 Å². The summed E-state index contributed by atoms with van der Waals surface area (Å²) in [6.45, 7) is 1.71. The predicted octanol–water partition coefficient (Wildman–Crippen LogP) is 3.62. The normalized spacial score (nSPS) is 10.3. The average Bonchev–Trinajstić information content (AvgIpc) is 2.55. The zero-order chi connectivity index (χ0) is 17.5. The summed E-state index contributed by atoms with van der Waals surface area (Å²) in [7, 11) is 0. The van der Waals surface area contributed by atoms with Gasteiger partial charge in [0.2, 0.25) is 5.91 Å². The molecule has 126 valence electrons. The lowest BCUT2D eigenvalue weighted by Gasteiger charge is -2.22. The number of nitrogens with zero attached hydrogens (tertiary/aromatic N) is 1. The lowest BCUT2D eigenvalue weighted by molar-refractivity contribution is -0.142. The molecule has 0 spiro atoms. The van der Waals surface area contributed by atoms with Crippen LogP contribution in [0, 0.1) is 5.82 Å². The van der Waals surface area contributed by atoms with Crippen molar-refractivity contribution >= 4 is 29.2 Å². The van der Waals surface area contributed by atoms with Crippen LogP contribution in [0.2, 0.25) is 5.02 Å². The minimum atomic E-state index is -0.509. The molecule has 0 aliphatic heterocycles. The summed E-state index contributed by atoms with van der Waals surface area (Å²) in [5.74, 6) is -1.19. The molecule has 24 heavy (non-hydrogen) atoms. The minimum absolute atomic E-state index is 0.0339. The van der Waals surface area contributed by atoms with E-state index >= 15 is 0 Å². The second-order valence-corrected chi connectivity index (χ2v) is 5.50. The molecule has 0 atom stereocenters. The van der Waals surface area contributed by atoms with Crippen LogP contribution >= 0.6 is 11.6 Å². The molecule has 0 aliphatic rings. The summed E-state index contributed by atoms with van der Waals surface area (Å²) < 4.78 is 17.9. The molecule has 0 heterocycles. The molecule has 0 fully saturated rings. The molecule has 1 amide bonds. The van der Waals surface area contributed by atoms with E-state index in [1.165, 1.54) is 29.2 Å². The largest absolute Gasteiger partial charge is 0.465 e. The molecule has 0 aromatic heterocycles. The molecule has 2 aromatic rings. The second-order valence-electron chi connectivity index (χ2n) is 5.07. The van der Waals surface area contributed by atoms with Crippen LogP contribution < -0.4 is 4.90 Å². The van der Waals surface area contributed by atoms with E-state index in [9.17, 15) is 14.0 Å². The van der Waals surface area contributed by atoms with Crippen LogP contribution in [0.1, 0.15) is 12.5 Å². The summed E-state index contributed by atoms with van der Waals surface area (Å²) in [4.78, 5) is 25.8. The van der Waals surface area contributed by atoms with Crippen LogP contribution in [0.15, 0.2) is 48.5 Å². The van der Waals surface area contributed by atoms with Gasteiger partial charge >= 0.3 is 5.97 Å². The molecule has 2 aromatic carbocycles. The fraction of sp³-hybridized carbons (Fsp3) is 0.222. The molecular weight excluding hydrogens is 333 g/mol. The minimum Gasteiger partial charge on any atom is -0.465 e. The smallest absolute Gasteiger partial charge is 0.326 e. The molecule has 0 unspecified atom stereocenters. The molecule has 0 radical (unpaired) electrons. The highest BCUT2D eigenvalue weighted by atomic mass is 35.5. The van der Waals surface area contributed by atoms with Gasteiger partial charge in [0.25, 0.3) is 0 Å². The van der Waals surface area contributed by atoms with Crippen molar-refractivity contribution in [1.29, 1.82) is 0 Å². The van der Waals surface area contributed by atoms with Gasteiger partial charge in [0.05, 0.1) is 13.0 Å². The Balaban J connectivity index is 2.21. The first-order valence-corrected chi connectivity index (χ1v) is 7.83. The van der Waals surface area contributed by atoms with Gasteiger partial charge in [-0.25, -0.2) is 4.39 Å². The van der Waals surface area contributed by atoms with E-state index in [0.29, 0.717) is 16.3 Å². The Morgan fingerprint density at radius 3 is 2.50 bits per heavy atom. The highest BCUT2D eigenvalue weighted by molar-refractivity contribution is 6.31. The predicted molar refractivity (Wildman–Crippen MR) is 90.5 cm³/mol. The van der Waals surface area contributed by atoms with E-state index in [-0.39, 0.29) is 31.3 Å². The number of anilines is 1. The van der Waals surface area contributed by atoms with Gasteiger partial charge in [-0.15, -0.1) is 0 Å². The standard InChI is InChI=1S/C18H17ClFNO3/c1-2-24-18(23)12-21(16-5-3-4-14(19)11-16)17(22)10-13-6-8-15(20)9-7-13/h3-9,11H,2,10,12H2,1H3. The van der Waals surface area contributed by atoms with Crippen LogP contribution in [0.25, 0.3) is 0 Å². The van der Waals surface area contributed by atoms with Gasteiger partial charge in [-0.2, -0.15) is 0 Å². The van der Waals surface area contributed by atoms with Crippen LogP contribution in [-0.4, -0.2) is 25.0 Å². The number of carbonyl (C=O) groups is 2. The summed E-state index contributed by atoms with van der Waals surface area (Å²) >= 11 is 5.97. The lowest BCUT2D eigenvalue weighted by atomic mass is 10.1. The van der Waals surface area contributed by atoms with Gasteiger partial charge in [-0.3, -0.25) is 9.59 Å². The molecule has 6 heteroatoms. The molecule has 2 rings (SSSR count).